The van der Waals surface area contributed by atoms with Gasteiger partial charge in [0.25, 0.3) is 0 Å². The second-order valence-corrected chi connectivity index (χ2v) is 5.50. The SMILES string of the molecule is CCC(NCc1ccc(Cl)cc1F)c1ccc(Cl)cc1. The van der Waals surface area contributed by atoms with E-state index in [1.54, 1.807) is 12.1 Å². The van der Waals surface area contributed by atoms with Crippen LogP contribution in [0.1, 0.15) is 30.5 Å². The molecule has 0 aliphatic carbocycles. The molecular formula is C16H16Cl2FN. The number of rotatable bonds is 5. The van der Waals surface area contributed by atoms with Gasteiger partial charge in [0.1, 0.15) is 5.82 Å². The van der Waals surface area contributed by atoms with Gasteiger partial charge in [0.15, 0.2) is 0 Å². The molecule has 0 aromatic heterocycles. The number of benzene rings is 2. The fourth-order valence-electron chi connectivity index (χ4n) is 2.09. The monoisotopic (exact) mass is 311 g/mol. The van der Waals surface area contributed by atoms with Gasteiger partial charge in [-0.25, -0.2) is 4.39 Å². The largest absolute Gasteiger partial charge is 0.306 e. The van der Waals surface area contributed by atoms with Crippen molar-refractivity contribution in [2.45, 2.75) is 25.9 Å². The van der Waals surface area contributed by atoms with Crippen LogP contribution in [0.5, 0.6) is 0 Å². The van der Waals surface area contributed by atoms with E-state index in [1.165, 1.54) is 6.07 Å². The van der Waals surface area contributed by atoms with Crippen LogP contribution in [-0.2, 0) is 6.54 Å². The summed E-state index contributed by atoms with van der Waals surface area (Å²) in [5.74, 6) is -0.282. The molecule has 0 saturated carbocycles. The highest BCUT2D eigenvalue weighted by Crippen LogP contribution is 2.21. The third-order valence-electron chi connectivity index (χ3n) is 3.23. The van der Waals surface area contributed by atoms with E-state index in [0.717, 1.165) is 12.0 Å². The lowest BCUT2D eigenvalue weighted by Gasteiger charge is -2.18. The standard InChI is InChI=1S/C16H16Cl2FN/c1-2-16(11-3-6-13(17)7-4-11)20-10-12-5-8-14(18)9-15(12)19/h3-9,16,20H,2,10H2,1H3. The first kappa shape index (κ1) is 15.3. The summed E-state index contributed by atoms with van der Waals surface area (Å²) in [6, 6.07) is 12.6. The Balaban J connectivity index is 2.05. The summed E-state index contributed by atoms with van der Waals surface area (Å²) in [6.45, 7) is 2.55. The first-order valence-electron chi connectivity index (χ1n) is 6.53. The fraction of sp³-hybridized carbons (Fsp3) is 0.250. The summed E-state index contributed by atoms with van der Waals surface area (Å²) in [6.07, 6.45) is 0.914. The first-order valence-corrected chi connectivity index (χ1v) is 7.28. The van der Waals surface area contributed by atoms with E-state index in [0.29, 0.717) is 22.2 Å². The molecule has 0 aliphatic heterocycles. The van der Waals surface area contributed by atoms with Crippen molar-refractivity contribution in [3.63, 3.8) is 0 Å². The lowest BCUT2D eigenvalue weighted by atomic mass is 10.0. The summed E-state index contributed by atoms with van der Waals surface area (Å²) in [5.41, 5.74) is 1.76. The Labute approximate surface area is 128 Å². The van der Waals surface area contributed by atoms with E-state index < -0.39 is 0 Å². The van der Waals surface area contributed by atoms with Crippen molar-refractivity contribution in [1.29, 1.82) is 0 Å². The van der Waals surface area contributed by atoms with Crippen LogP contribution in [-0.4, -0.2) is 0 Å². The van der Waals surface area contributed by atoms with Crippen molar-refractivity contribution in [3.05, 3.63) is 69.5 Å². The minimum atomic E-state index is -0.282. The van der Waals surface area contributed by atoms with Crippen LogP contribution in [0.15, 0.2) is 42.5 Å². The maximum Gasteiger partial charge on any atom is 0.129 e. The van der Waals surface area contributed by atoms with E-state index in [9.17, 15) is 4.39 Å². The molecule has 1 atom stereocenters. The molecule has 20 heavy (non-hydrogen) atoms. The predicted molar refractivity (Wildman–Crippen MR) is 82.7 cm³/mol. The molecule has 0 spiro atoms. The predicted octanol–water partition coefficient (Wildman–Crippen LogP) is 5.37. The second kappa shape index (κ2) is 7.07. The highest BCUT2D eigenvalue weighted by atomic mass is 35.5. The van der Waals surface area contributed by atoms with Crippen molar-refractivity contribution in [2.75, 3.05) is 0 Å². The third-order valence-corrected chi connectivity index (χ3v) is 3.72. The minimum Gasteiger partial charge on any atom is -0.306 e. The molecule has 0 heterocycles. The fourth-order valence-corrected chi connectivity index (χ4v) is 2.38. The molecule has 0 amide bonds. The zero-order valence-corrected chi connectivity index (χ0v) is 12.7. The Morgan fingerprint density at radius 2 is 1.70 bits per heavy atom. The van der Waals surface area contributed by atoms with E-state index in [1.807, 2.05) is 24.3 Å². The van der Waals surface area contributed by atoms with Crippen molar-refractivity contribution in [3.8, 4) is 0 Å². The normalized spacial score (nSPS) is 12.4. The molecule has 2 aromatic carbocycles. The van der Waals surface area contributed by atoms with Crippen molar-refractivity contribution < 1.29 is 4.39 Å². The highest BCUT2D eigenvalue weighted by molar-refractivity contribution is 6.30. The van der Waals surface area contributed by atoms with Crippen molar-refractivity contribution in [1.82, 2.24) is 5.32 Å². The van der Waals surface area contributed by atoms with Crippen LogP contribution in [0.3, 0.4) is 0 Å². The summed E-state index contributed by atoms with van der Waals surface area (Å²) >= 11 is 11.6. The van der Waals surface area contributed by atoms with E-state index >= 15 is 0 Å². The second-order valence-electron chi connectivity index (χ2n) is 4.63. The summed E-state index contributed by atoms with van der Waals surface area (Å²) < 4.78 is 13.7. The maximum atomic E-state index is 13.7. The molecular weight excluding hydrogens is 296 g/mol. The number of hydrogen-bond donors (Lipinski definition) is 1. The van der Waals surface area contributed by atoms with Crippen molar-refractivity contribution in [2.24, 2.45) is 0 Å². The Hall–Kier alpha value is -1.09. The van der Waals surface area contributed by atoms with Gasteiger partial charge in [0.05, 0.1) is 0 Å². The number of halogens is 3. The molecule has 1 unspecified atom stereocenters. The zero-order chi connectivity index (χ0) is 14.5. The van der Waals surface area contributed by atoms with E-state index in [4.69, 9.17) is 23.2 Å². The number of nitrogens with one attached hydrogen (secondary N) is 1. The van der Waals surface area contributed by atoms with Gasteiger partial charge in [-0.15, -0.1) is 0 Å². The van der Waals surface area contributed by atoms with Crippen LogP contribution in [0.4, 0.5) is 4.39 Å². The third kappa shape index (κ3) is 3.95. The van der Waals surface area contributed by atoms with Gasteiger partial charge in [-0.05, 0) is 36.2 Å². The average Bonchev–Trinajstić information content (AvgIpc) is 2.43. The molecule has 0 fully saturated rings. The molecule has 0 radical (unpaired) electrons. The lowest BCUT2D eigenvalue weighted by molar-refractivity contribution is 0.504. The summed E-state index contributed by atoms with van der Waals surface area (Å²) in [5, 5.41) is 4.48. The Morgan fingerprint density at radius 1 is 1.05 bits per heavy atom. The molecule has 2 aromatic rings. The van der Waals surface area contributed by atoms with Crippen molar-refractivity contribution >= 4 is 23.2 Å². The summed E-state index contributed by atoms with van der Waals surface area (Å²) in [4.78, 5) is 0. The molecule has 1 N–H and O–H groups in total. The minimum absolute atomic E-state index is 0.169. The smallest absolute Gasteiger partial charge is 0.129 e. The van der Waals surface area contributed by atoms with E-state index in [-0.39, 0.29) is 11.9 Å². The van der Waals surface area contributed by atoms with Crippen LogP contribution in [0.2, 0.25) is 10.0 Å². The van der Waals surface area contributed by atoms with E-state index in [2.05, 4.69) is 12.2 Å². The quantitative estimate of drug-likeness (QED) is 0.782. The van der Waals surface area contributed by atoms with Gasteiger partial charge in [0.2, 0.25) is 0 Å². The first-order chi connectivity index (χ1) is 9.60. The van der Waals surface area contributed by atoms with Gasteiger partial charge in [-0.3, -0.25) is 0 Å². The Morgan fingerprint density at radius 3 is 2.30 bits per heavy atom. The van der Waals surface area contributed by atoms with Crippen LogP contribution < -0.4 is 5.32 Å². The van der Waals surface area contributed by atoms with Gasteiger partial charge >= 0.3 is 0 Å². The zero-order valence-electron chi connectivity index (χ0n) is 11.2. The summed E-state index contributed by atoms with van der Waals surface area (Å²) in [7, 11) is 0. The number of hydrogen-bond acceptors (Lipinski definition) is 1. The van der Waals surface area contributed by atoms with Crippen LogP contribution in [0.25, 0.3) is 0 Å². The van der Waals surface area contributed by atoms with Gasteiger partial charge < -0.3 is 5.32 Å². The Bertz CT molecular complexity index is 569. The van der Waals surface area contributed by atoms with Gasteiger partial charge in [-0.2, -0.15) is 0 Å². The molecule has 0 bridgehead atoms. The van der Waals surface area contributed by atoms with Crippen LogP contribution >= 0.6 is 23.2 Å². The Kier molecular flexibility index (Phi) is 5.41. The molecule has 106 valence electrons. The lowest BCUT2D eigenvalue weighted by Crippen LogP contribution is -2.20. The van der Waals surface area contributed by atoms with Crippen LogP contribution in [0, 0.1) is 5.82 Å². The maximum absolute atomic E-state index is 13.7. The highest BCUT2D eigenvalue weighted by Gasteiger charge is 2.10. The average molecular weight is 312 g/mol. The molecule has 4 heteroatoms. The molecule has 1 nitrogen and oxygen atoms in total. The molecule has 0 saturated heterocycles. The topological polar surface area (TPSA) is 12.0 Å². The van der Waals surface area contributed by atoms with Gasteiger partial charge in [-0.1, -0.05) is 48.3 Å². The van der Waals surface area contributed by atoms with Gasteiger partial charge in [0, 0.05) is 28.2 Å². The molecule has 2 rings (SSSR count). The molecule has 0 aliphatic rings.